The van der Waals surface area contributed by atoms with E-state index in [9.17, 15) is 4.79 Å². The average Bonchev–Trinajstić information content (AvgIpc) is 3.38. The van der Waals surface area contributed by atoms with Gasteiger partial charge in [0.2, 0.25) is 18.6 Å². The summed E-state index contributed by atoms with van der Waals surface area (Å²) in [6, 6.07) is 12.4. The number of anilines is 1. The number of nitrogens with zero attached hydrogens (tertiary/aromatic N) is 3. The van der Waals surface area contributed by atoms with Crippen molar-refractivity contribution < 1.29 is 19.0 Å². The van der Waals surface area contributed by atoms with Crippen molar-refractivity contribution in [2.75, 3.05) is 19.2 Å². The van der Waals surface area contributed by atoms with E-state index in [4.69, 9.17) is 25.0 Å². The van der Waals surface area contributed by atoms with Gasteiger partial charge in [0.15, 0.2) is 17.3 Å². The minimum atomic E-state index is -0.566. The van der Waals surface area contributed by atoms with Crippen LogP contribution in [0, 0.1) is 0 Å². The maximum atomic E-state index is 12.4. The Hall–Kier alpha value is -4.01. The number of nitrogens with one attached hydrogen (secondary N) is 1. The molecule has 1 unspecified atom stereocenters. The molecular formula is C21H19N5O4. The Bertz CT molecular complexity index is 1200. The van der Waals surface area contributed by atoms with Crippen molar-refractivity contribution in [3.8, 4) is 28.6 Å². The molecule has 0 aliphatic carbocycles. The van der Waals surface area contributed by atoms with Gasteiger partial charge in [0, 0.05) is 5.70 Å². The van der Waals surface area contributed by atoms with E-state index < -0.39 is 11.9 Å². The number of rotatable bonds is 4. The summed E-state index contributed by atoms with van der Waals surface area (Å²) in [6.07, 6.45) is 0. The molecule has 2 aliphatic heterocycles. The fourth-order valence-corrected chi connectivity index (χ4v) is 3.81. The van der Waals surface area contributed by atoms with E-state index in [0.717, 1.165) is 11.1 Å². The minimum Gasteiger partial charge on any atom is -0.496 e. The molecule has 9 heteroatoms. The third-order valence-electron chi connectivity index (χ3n) is 5.18. The zero-order valence-electron chi connectivity index (χ0n) is 16.4. The number of benzene rings is 2. The van der Waals surface area contributed by atoms with Crippen LogP contribution in [0.15, 0.2) is 53.7 Å². The highest BCUT2D eigenvalue weighted by Crippen LogP contribution is 2.41. The van der Waals surface area contributed by atoms with Gasteiger partial charge in [-0.15, -0.1) is 5.10 Å². The molecular weight excluding hydrogens is 386 g/mol. The normalized spacial score (nSPS) is 16.8. The van der Waals surface area contributed by atoms with E-state index in [1.807, 2.05) is 42.5 Å². The van der Waals surface area contributed by atoms with Crippen LogP contribution >= 0.6 is 0 Å². The van der Waals surface area contributed by atoms with Crippen LogP contribution in [0.2, 0.25) is 0 Å². The van der Waals surface area contributed by atoms with Crippen LogP contribution in [-0.2, 0) is 4.79 Å². The van der Waals surface area contributed by atoms with Crippen LogP contribution in [0.4, 0.5) is 5.95 Å². The molecule has 0 saturated carbocycles. The zero-order chi connectivity index (χ0) is 20.8. The van der Waals surface area contributed by atoms with E-state index in [2.05, 4.69) is 10.3 Å². The van der Waals surface area contributed by atoms with Gasteiger partial charge in [-0.3, -0.25) is 4.79 Å². The monoisotopic (exact) mass is 405 g/mol. The van der Waals surface area contributed by atoms with E-state index in [1.165, 1.54) is 0 Å². The molecule has 1 atom stereocenters. The number of primary amides is 1. The molecule has 9 nitrogen and oxygen atoms in total. The van der Waals surface area contributed by atoms with Crippen molar-refractivity contribution in [1.29, 1.82) is 0 Å². The maximum Gasteiger partial charge on any atom is 0.248 e. The van der Waals surface area contributed by atoms with E-state index >= 15 is 0 Å². The minimum absolute atomic E-state index is 0.162. The highest BCUT2D eigenvalue weighted by atomic mass is 16.7. The molecule has 0 bridgehead atoms. The zero-order valence-corrected chi connectivity index (χ0v) is 16.4. The van der Waals surface area contributed by atoms with Crippen LogP contribution in [0.3, 0.4) is 0 Å². The molecule has 0 radical (unpaired) electrons. The molecule has 1 aromatic heterocycles. The van der Waals surface area contributed by atoms with Gasteiger partial charge in [-0.05, 0) is 36.8 Å². The second-order valence-electron chi connectivity index (χ2n) is 6.95. The molecule has 0 spiro atoms. The number of amides is 1. The maximum absolute atomic E-state index is 12.4. The SMILES string of the molecule is COc1ccccc1-c1nc2n(n1)C(c1ccc3c(c1)OCO3)C(C(N)=O)=C(C)N2. The second-order valence-corrected chi connectivity index (χ2v) is 6.95. The van der Waals surface area contributed by atoms with Crippen LogP contribution in [0.5, 0.6) is 17.2 Å². The summed E-state index contributed by atoms with van der Waals surface area (Å²) in [7, 11) is 1.60. The summed E-state index contributed by atoms with van der Waals surface area (Å²) >= 11 is 0. The highest BCUT2D eigenvalue weighted by Gasteiger charge is 2.34. The average molecular weight is 405 g/mol. The predicted octanol–water partition coefficient (Wildman–Crippen LogP) is 2.46. The smallest absolute Gasteiger partial charge is 0.248 e. The van der Waals surface area contributed by atoms with Gasteiger partial charge in [-0.25, -0.2) is 4.68 Å². The Kier molecular flexibility index (Phi) is 4.09. The van der Waals surface area contributed by atoms with Gasteiger partial charge >= 0.3 is 0 Å². The van der Waals surface area contributed by atoms with Gasteiger partial charge in [-0.1, -0.05) is 18.2 Å². The fraction of sp³-hybridized carbons (Fsp3) is 0.190. The molecule has 0 saturated heterocycles. The Morgan fingerprint density at radius 2 is 2.03 bits per heavy atom. The topological polar surface area (TPSA) is 114 Å². The Morgan fingerprint density at radius 3 is 2.83 bits per heavy atom. The number of hydrogen-bond acceptors (Lipinski definition) is 7. The van der Waals surface area contributed by atoms with Crippen molar-refractivity contribution in [2.45, 2.75) is 13.0 Å². The first-order valence-electron chi connectivity index (χ1n) is 9.34. The second kappa shape index (κ2) is 6.80. The summed E-state index contributed by atoms with van der Waals surface area (Å²) in [5.41, 5.74) is 8.29. The molecule has 2 aromatic carbocycles. The number of ether oxygens (including phenoxy) is 3. The molecule has 3 aromatic rings. The largest absolute Gasteiger partial charge is 0.496 e. The lowest BCUT2D eigenvalue weighted by Gasteiger charge is -2.27. The first-order valence-corrected chi connectivity index (χ1v) is 9.34. The Labute approximate surface area is 172 Å². The van der Waals surface area contributed by atoms with Crippen molar-refractivity contribution in [1.82, 2.24) is 14.8 Å². The van der Waals surface area contributed by atoms with Crippen LogP contribution in [-0.4, -0.2) is 34.6 Å². The summed E-state index contributed by atoms with van der Waals surface area (Å²) in [4.78, 5) is 17.0. The summed E-state index contributed by atoms with van der Waals surface area (Å²) < 4.78 is 18.0. The van der Waals surface area contributed by atoms with Crippen molar-refractivity contribution in [2.24, 2.45) is 5.73 Å². The third-order valence-corrected chi connectivity index (χ3v) is 5.18. The van der Waals surface area contributed by atoms with Crippen LogP contribution in [0.1, 0.15) is 18.5 Å². The predicted molar refractivity (Wildman–Crippen MR) is 108 cm³/mol. The van der Waals surface area contributed by atoms with Crippen molar-refractivity contribution >= 4 is 11.9 Å². The molecule has 3 heterocycles. The Balaban J connectivity index is 1.67. The van der Waals surface area contributed by atoms with Crippen molar-refractivity contribution in [3.63, 3.8) is 0 Å². The van der Waals surface area contributed by atoms with E-state index in [-0.39, 0.29) is 6.79 Å². The molecule has 3 N–H and O–H groups in total. The summed E-state index contributed by atoms with van der Waals surface area (Å²) in [6.45, 7) is 1.95. The third kappa shape index (κ3) is 2.74. The first kappa shape index (κ1) is 18.0. The van der Waals surface area contributed by atoms with Gasteiger partial charge in [-0.2, -0.15) is 4.98 Å². The Morgan fingerprint density at radius 1 is 1.23 bits per heavy atom. The number of para-hydroxylation sites is 1. The molecule has 1 amide bonds. The number of hydrogen-bond donors (Lipinski definition) is 2. The van der Waals surface area contributed by atoms with Crippen LogP contribution < -0.4 is 25.3 Å². The lowest BCUT2D eigenvalue weighted by atomic mass is 9.95. The fourth-order valence-electron chi connectivity index (χ4n) is 3.81. The van der Waals surface area contributed by atoms with Gasteiger partial charge in [0.25, 0.3) is 0 Å². The number of nitrogens with two attached hydrogens (primary N) is 1. The molecule has 2 aliphatic rings. The van der Waals surface area contributed by atoms with Crippen LogP contribution in [0.25, 0.3) is 11.4 Å². The molecule has 0 fully saturated rings. The quantitative estimate of drug-likeness (QED) is 0.685. The summed E-state index contributed by atoms with van der Waals surface area (Å²) in [5, 5.41) is 7.84. The first-order chi connectivity index (χ1) is 14.6. The molecule has 5 rings (SSSR count). The van der Waals surface area contributed by atoms with E-state index in [1.54, 1.807) is 18.7 Å². The van der Waals surface area contributed by atoms with Gasteiger partial charge < -0.3 is 25.3 Å². The van der Waals surface area contributed by atoms with Crippen molar-refractivity contribution in [3.05, 3.63) is 59.3 Å². The van der Waals surface area contributed by atoms with Gasteiger partial charge in [0.1, 0.15) is 11.8 Å². The molecule has 30 heavy (non-hydrogen) atoms. The summed E-state index contributed by atoms with van der Waals surface area (Å²) in [5.74, 6) is 2.35. The highest BCUT2D eigenvalue weighted by molar-refractivity contribution is 5.95. The standard InChI is InChI=1S/C21H19N5O4/c1-11-17(19(22)27)18(12-7-8-15-16(9-12)30-10-29-15)26-21(23-11)24-20(25-26)13-5-3-4-6-14(13)28-2/h3-9,18H,10H2,1-2H3,(H2,22,27)(H,23,24,25). The lowest BCUT2D eigenvalue weighted by molar-refractivity contribution is -0.115. The number of allylic oxidation sites excluding steroid dienone is 1. The lowest BCUT2D eigenvalue weighted by Crippen LogP contribution is -2.31. The van der Waals surface area contributed by atoms with Gasteiger partial charge in [0.05, 0.1) is 18.2 Å². The number of aromatic nitrogens is 3. The number of carbonyl (C=O) groups is 1. The molecule has 152 valence electrons. The number of methoxy groups -OCH3 is 1. The van der Waals surface area contributed by atoms with E-state index in [0.29, 0.717) is 40.3 Å². The number of fused-ring (bicyclic) bond motifs is 2. The number of carbonyl (C=O) groups excluding carboxylic acids is 1.